The van der Waals surface area contributed by atoms with Gasteiger partial charge < -0.3 is 10.4 Å². The summed E-state index contributed by atoms with van der Waals surface area (Å²) in [6.45, 7) is 9.82. The van der Waals surface area contributed by atoms with Crippen molar-refractivity contribution < 1.29 is 23.5 Å². The first-order chi connectivity index (χ1) is 19.2. The standard InChI is InChI=1S/C31H39F2N5O3/c1-19-12-15-35-20(2)26(19)27(28(40)36-22-10-13-31(32,33)14-11-22)38(23-8-6-21(7-9-23)30(3,4)5)29(41)25-16-24(39)17-37(25)18-34/h6-9,12,15,22,24-25,27,39H,10-11,13-14,16-17H2,1-5H3,(H,36,40)/t24-,25-,27?/m1/s1. The fourth-order valence-electron chi connectivity index (χ4n) is 5.81. The predicted octanol–water partition coefficient (Wildman–Crippen LogP) is 4.68. The van der Waals surface area contributed by atoms with E-state index in [1.54, 1.807) is 31.3 Å². The quantitative estimate of drug-likeness (QED) is 0.491. The van der Waals surface area contributed by atoms with E-state index in [4.69, 9.17) is 0 Å². The summed E-state index contributed by atoms with van der Waals surface area (Å²) in [4.78, 5) is 35.6. The van der Waals surface area contributed by atoms with E-state index in [9.17, 15) is 28.7 Å². The van der Waals surface area contributed by atoms with Gasteiger partial charge in [0.2, 0.25) is 11.8 Å². The second-order valence-electron chi connectivity index (χ2n) is 12.3. The summed E-state index contributed by atoms with van der Waals surface area (Å²) in [5, 5.41) is 23.0. The van der Waals surface area contributed by atoms with Gasteiger partial charge in [0.25, 0.3) is 5.91 Å². The Bertz CT molecular complexity index is 1290. The van der Waals surface area contributed by atoms with Gasteiger partial charge in [-0.1, -0.05) is 32.9 Å². The molecule has 10 heteroatoms. The van der Waals surface area contributed by atoms with Gasteiger partial charge in [-0.15, -0.1) is 0 Å². The molecule has 2 N–H and O–H groups in total. The van der Waals surface area contributed by atoms with Crippen molar-refractivity contribution in [3.63, 3.8) is 0 Å². The molecular weight excluding hydrogens is 528 g/mol. The number of pyridine rings is 1. The number of aryl methyl sites for hydroxylation is 2. The summed E-state index contributed by atoms with van der Waals surface area (Å²) in [5.41, 5.74) is 3.13. The molecule has 8 nitrogen and oxygen atoms in total. The van der Waals surface area contributed by atoms with Gasteiger partial charge in [-0.05, 0) is 61.4 Å². The van der Waals surface area contributed by atoms with Crippen LogP contribution in [0.25, 0.3) is 0 Å². The number of hydrogen-bond acceptors (Lipinski definition) is 6. The highest BCUT2D eigenvalue weighted by Crippen LogP contribution is 2.37. The maximum Gasteiger partial charge on any atom is 0.251 e. The molecule has 2 aliphatic rings. The second-order valence-corrected chi connectivity index (χ2v) is 12.3. The molecule has 4 rings (SSSR count). The molecule has 1 aromatic carbocycles. The lowest BCUT2D eigenvalue weighted by atomic mass is 9.87. The van der Waals surface area contributed by atoms with Crippen molar-refractivity contribution in [2.75, 3.05) is 11.4 Å². The minimum Gasteiger partial charge on any atom is -0.391 e. The first-order valence-corrected chi connectivity index (χ1v) is 14.1. The number of aliphatic hydroxyl groups excluding tert-OH is 1. The fourth-order valence-corrected chi connectivity index (χ4v) is 5.81. The summed E-state index contributed by atoms with van der Waals surface area (Å²) in [5.74, 6) is -3.77. The number of aromatic nitrogens is 1. The zero-order chi connectivity index (χ0) is 30.1. The first kappa shape index (κ1) is 30.4. The van der Waals surface area contributed by atoms with Gasteiger partial charge in [0.15, 0.2) is 6.19 Å². The van der Waals surface area contributed by atoms with Crippen molar-refractivity contribution in [3.8, 4) is 6.19 Å². The number of alkyl halides is 2. The van der Waals surface area contributed by atoms with Crippen molar-refractivity contribution in [3.05, 3.63) is 58.9 Å². The Morgan fingerprint density at radius 3 is 2.37 bits per heavy atom. The number of likely N-dealkylation sites (tertiary alicyclic amines) is 1. The van der Waals surface area contributed by atoms with Crippen LogP contribution in [0, 0.1) is 25.3 Å². The number of benzene rings is 1. The zero-order valence-electron chi connectivity index (χ0n) is 24.3. The van der Waals surface area contributed by atoms with Crippen LogP contribution in [0.3, 0.4) is 0 Å². The molecule has 1 saturated heterocycles. The molecule has 1 unspecified atom stereocenters. The lowest BCUT2D eigenvalue weighted by molar-refractivity contribution is -0.129. The highest BCUT2D eigenvalue weighted by Gasteiger charge is 2.44. The molecule has 1 aromatic heterocycles. The molecular formula is C31H39F2N5O3. The normalized spacial score (nSPS) is 21.7. The molecule has 41 heavy (non-hydrogen) atoms. The van der Waals surface area contributed by atoms with Crippen LogP contribution in [0.15, 0.2) is 36.5 Å². The van der Waals surface area contributed by atoms with Gasteiger partial charge in [-0.2, -0.15) is 5.26 Å². The van der Waals surface area contributed by atoms with Crippen LogP contribution >= 0.6 is 0 Å². The molecule has 1 aliphatic heterocycles. The minimum atomic E-state index is -2.75. The molecule has 1 aliphatic carbocycles. The molecule has 0 bridgehead atoms. The van der Waals surface area contributed by atoms with E-state index in [1.165, 1.54) is 9.80 Å². The van der Waals surface area contributed by atoms with Crippen LogP contribution in [0.4, 0.5) is 14.5 Å². The van der Waals surface area contributed by atoms with Gasteiger partial charge >= 0.3 is 0 Å². The number of nitrogens with zero attached hydrogens (tertiary/aromatic N) is 4. The second kappa shape index (κ2) is 11.7. The monoisotopic (exact) mass is 567 g/mol. The van der Waals surface area contributed by atoms with Gasteiger partial charge in [-0.3, -0.25) is 24.4 Å². The van der Waals surface area contributed by atoms with Crippen molar-refractivity contribution in [2.45, 2.75) is 102 Å². The van der Waals surface area contributed by atoms with E-state index in [0.717, 1.165) is 11.1 Å². The summed E-state index contributed by atoms with van der Waals surface area (Å²) in [6, 6.07) is 6.51. The van der Waals surface area contributed by atoms with Crippen LogP contribution < -0.4 is 10.2 Å². The Kier molecular flexibility index (Phi) is 8.69. The number of β-amino-alcohol motifs (C(OH)–C–C–N with tert-alkyl or cyclic N) is 1. The maximum absolute atomic E-state index is 14.4. The number of aliphatic hydroxyl groups is 1. The van der Waals surface area contributed by atoms with E-state index in [-0.39, 0.29) is 44.1 Å². The average molecular weight is 568 g/mol. The van der Waals surface area contributed by atoms with Crippen LogP contribution in [0.1, 0.15) is 81.3 Å². The smallest absolute Gasteiger partial charge is 0.251 e. The SMILES string of the molecule is Cc1ccnc(C)c1C(C(=O)NC1CCC(F)(F)CC1)N(C(=O)[C@H]1C[C@@H](O)CN1C#N)c1ccc(C(C)(C)C)cc1. The third-order valence-corrected chi connectivity index (χ3v) is 8.19. The number of amides is 2. The molecule has 2 fully saturated rings. The largest absolute Gasteiger partial charge is 0.391 e. The third kappa shape index (κ3) is 6.67. The number of rotatable bonds is 6. The summed E-state index contributed by atoms with van der Waals surface area (Å²) < 4.78 is 27.7. The minimum absolute atomic E-state index is 0.0157. The van der Waals surface area contributed by atoms with Gasteiger partial charge in [-0.25, -0.2) is 8.78 Å². The molecule has 220 valence electrons. The molecule has 1 saturated carbocycles. The average Bonchev–Trinajstić information content (AvgIpc) is 3.29. The summed E-state index contributed by atoms with van der Waals surface area (Å²) >= 11 is 0. The van der Waals surface area contributed by atoms with E-state index in [2.05, 4.69) is 31.1 Å². The van der Waals surface area contributed by atoms with E-state index in [1.807, 2.05) is 25.2 Å². The van der Waals surface area contributed by atoms with Crippen molar-refractivity contribution in [1.29, 1.82) is 5.26 Å². The molecule has 2 amide bonds. The molecule has 3 atom stereocenters. The third-order valence-electron chi connectivity index (χ3n) is 8.19. The number of hydrogen-bond donors (Lipinski definition) is 2. The van der Waals surface area contributed by atoms with Crippen LogP contribution in [0.5, 0.6) is 0 Å². The Morgan fingerprint density at radius 1 is 1.17 bits per heavy atom. The zero-order valence-corrected chi connectivity index (χ0v) is 24.3. The maximum atomic E-state index is 14.4. The Balaban J connectivity index is 1.83. The Labute approximate surface area is 240 Å². The highest BCUT2D eigenvalue weighted by molar-refractivity contribution is 6.04. The number of halogens is 2. The first-order valence-electron chi connectivity index (χ1n) is 14.1. The van der Waals surface area contributed by atoms with Gasteiger partial charge in [0, 0.05) is 48.4 Å². The van der Waals surface area contributed by atoms with E-state index >= 15 is 0 Å². The van der Waals surface area contributed by atoms with E-state index in [0.29, 0.717) is 16.9 Å². The van der Waals surface area contributed by atoms with Crippen molar-refractivity contribution in [1.82, 2.24) is 15.2 Å². The van der Waals surface area contributed by atoms with Crippen LogP contribution in [0.2, 0.25) is 0 Å². The van der Waals surface area contributed by atoms with Gasteiger partial charge in [0.05, 0.1) is 12.6 Å². The van der Waals surface area contributed by atoms with Crippen LogP contribution in [-0.2, 0) is 15.0 Å². The molecule has 0 radical (unpaired) electrons. The number of anilines is 1. The topological polar surface area (TPSA) is 110 Å². The fraction of sp³-hybridized carbons (Fsp3) is 0.548. The lowest BCUT2D eigenvalue weighted by Gasteiger charge is -2.37. The van der Waals surface area contributed by atoms with Crippen molar-refractivity contribution in [2.24, 2.45) is 0 Å². The molecule has 0 spiro atoms. The number of nitriles is 1. The van der Waals surface area contributed by atoms with Crippen LogP contribution in [-0.4, -0.2) is 57.5 Å². The predicted molar refractivity (Wildman–Crippen MR) is 151 cm³/mol. The number of nitrogens with one attached hydrogen (secondary N) is 1. The number of carbonyl (C=O) groups excluding carboxylic acids is 2. The summed E-state index contributed by atoms with van der Waals surface area (Å²) in [6.07, 6.45) is 2.42. The molecule has 2 aromatic rings. The Morgan fingerprint density at radius 2 is 1.80 bits per heavy atom. The molecule has 2 heterocycles. The highest BCUT2D eigenvalue weighted by atomic mass is 19.3. The van der Waals surface area contributed by atoms with E-state index < -0.39 is 42.0 Å². The summed E-state index contributed by atoms with van der Waals surface area (Å²) in [7, 11) is 0. The van der Waals surface area contributed by atoms with Gasteiger partial charge in [0.1, 0.15) is 12.1 Å². The number of carbonyl (C=O) groups is 2. The van der Waals surface area contributed by atoms with Crippen molar-refractivity contribution >= 4 is 17.5 Å². The Hall–Kier alpha value is -3.58. The lowest BCUT2D eigenvalue weighted by Crippen LogP contribution is -2.52.